The van der Waals surface area contributed by atoms with Crippen molar-refractivity contribution in [2.75, 3.05) is 19.6 Å². The predicted octanol–water partition coefficient (Wildman–Crippen LogP) is 1.41. The fourth-order valence-electron chi connectivity index (χ4n) is 4.11. The second kappa shape index (κ2) is 6.24. The van der Waals surface area contributed by atoms with Gasteiger partial charge in [0.15, 0.2) is 5.65 Å². The third-order valence-electron chi connectivity index (χ3n) is 5.32. The lowest BCUT2D eigenvalue weighted by Gasteiger charge is -2.31. The van der Waals surface area contributed by atoms with E-state index in [-0.39, 0.29) is 0 Å². The summed E-state index contributed by atoms with van der Waals surface area (Å²) in [6.07, 6.45) is 4.44. The molecule has 130 valence electrons. The van der Waals surface area contributed by atoms with Crippen molar-refractivity contribution in [3.63, 3.8) is 0 Å². The minimum Gasteiger partial charge on any atom is -0.309 e. The Labute approximate surface area is 146 Å². The molecule has 0 radical (unpaired) electrons. The summed E-state index contributed by atoms with van der Waals surface area (Å²) < 4.78 is 4.29. The number of hydrogen-bond donors (Lipinski definition) is 1. The van der Waals surface area contributed by atoms with Crippen LogP contribution in [0.5, 0.6) is 0 Å². The van der Waals surface area contributed by atoms with E-state index in [1.807, 2.05) is 18.2 Å². The number of hydrogen-bond acceptors (Lipinski definition) is 5. The van der Waals surface area contributed by atoms with Crippen molar-refractivity contribution < 1.29 is 0 Å². The summed E-state index contributed by atoms with van der Waals surface area (Å²) in [5.74, 6) is 1.53. The average molecular weight is 337 g/mol. The standard InChI is InChI=1S/C18H23N7/c1-2-8-24-17(5-1)20-21-18(24)14-4-3-7-23(12-14)13-15-10-16-11-19-6-9-25(16)22-15/h1-2,5,8,10,14,19H,3-4,6-7,9,11-13H2/t14-/m1/s1. The Morgan fingerprint density at radius 1 is 1.20 bits per heavy atom. The van der Waals surface area contributed by atoms with E-state index < -0.39 is 0 Å². The minimum atomic E-state index is 0.435. The number of aromatic nitrogens is 5. The first-order chi connectivity index (χ1) is 12.4. The van der Waals surface area contributed by atoms with Gasteiger partial charge in [0, 0.05) is 38.3 Å². The van der Waals surface area contributed by atoms with Gasteiger partial charge in [-0.15, -0.1) is 10.2 Å². The number of piperidine rings is 1. The van der Waals surface area contributed by atoms with Crippen molar-refractivity contribution in [1.29, 1.82) is 0 Å². The molecule has 0 aromatic carbocycles. The highest BCUT2D eigenvalue weighted by Crippen LogP contribution is 2.27. The Balaban J connectivity index is 1.33. The van der Waals surface area contributed by atoms with E-state index in [0.29, 0.717) is 5.92 Å². The van der Waals surface area contributed by atoms with Crippen molar-refractivity contribution in [3.05, 3.63) is 47.7 Å². The zero-order valence-electron chi connectivity index (χ0n) is 14.3. The van der Waals surface area contributed by atoms with Crippen molar-refractivity contribution in [1.82, 2.24) is 34.6 Å². The van der Waals surface area contributed by atoms with Crippen molar-refractivity contribution >= 4 is 5.65 Å². The SMILES string of the molecule is c1ccn2c([C@@H]3CCCN(Cc4cc5n(n4)CCNC5)C3)nnc2c1. The summed E-state index contributed by atoms with van der Waals surface area (Å²) in [5.41, 5.74) is 3.42. The number of nitrogens with zero attached hydrogens (tertiary/aromatic N) is 6. The van der Waals surface area contributed by atoms with Crippen LogP contribution in [-0.2, 0) is 19.6 Å². The predicted molar refractivity (Wildman–Crippen MR) is 94.2 cm³/mol. The number of fused-ring (bicyclic) bond motifs is 2. The summed E-state index contributed by atoms with van der Waals surface area (Å²) in [5, 5.41) is 17.0. The van der Waals surface area contributed by atoms with Gasteiger partial charge in [0.2, 0.25) is 0 Å². The first-order valence-corrected chi connectivity index (χ1v) is 9.15. The third kappa shape index (κ3) is 2.83. The van der Waals surface area contributed by atoms with Gasteiger partial charge >= 0.3 is 0 Å². The maximum Gasteiger partial charge on any atom is 0.160 e. The molecule has 0 unspecified atom stereocenters. The largest absolute Gasteiger partial charge is 0.309 e. The molecular formula is C18H23N7. The molecule has 0 bridgehead atoms. The topological polar surface area (TPSA) is 63.3 Å². The van der Waals surface area contributed by atoms with Gasteiger partial charge in [-0.1, -0.05) is 6.07 Å². The lowest BCUT2D eigenvalue weighted by Crippen LogP contribution is -2.34. The number of pyridine rings is 1. The van der Waals surface area contributed by atoms with Gasteiger partial charge in [0.25, 0.3) is 0 Å². The molecule has 3 aromatic heterocycles. The third-order valence-corrected chi connectivity index (χ3v) is 5.32. The fourth-order valence-corrected chi connectivity index (χ4v) is 4.11. The zero-order valence-corrected chi connectivity index (χ0v) is 14.3. The highest BCUT2D eigenvalue weighted by molar-refractivity contribution is 5.37. The second-order valence-corrected chi connectivity index (χ2v) is 7.09. The summed E-state index contributed by atoms with van der Waals surface area (Å²) in [6.45, 7) is 6.00. The highest BCUT2D eigenvalue weighted by Gasteiger charge is 2.26. The van der Waals surface area contributed by atoms with Crippen LogP contribution in [0.2, 0.25) is 0 Å². The van der Waals surface area contributed by atoms with Crippen LogP contribution in [0.15, 0.2) is 30.5 Å². The maximum absolute atomic E-state index is 4.78. The summed E-state index contributed by atoms with van der Waals surface area (Å²) >= 11 is 0. The molecule has 2 aliphatic rings. The summed E-state index contributed by atoms with van der Waals surface area (Å²) in [6, 6.07) is 8.32. The summed E-state index contributed by atoms with van der Waals surface area (Å²) in [7, 11) is 0. The van der Waals surface area contributed by atoms with E-state index in [1.54, 1.807) is 0 Å². The molecule has 1 saturated heterocycles. The first-order valence-electron chi connectivity index (χ1n) is 9.15. The molecule has 0 aliphatic carbocycles. The first kappa shape index (κ1) is 15.0. The second-order valence-electron chi connectivity index (χ2n) is 7.09. The molecule has 1 N–H and O–H groups in total. The Bertz CT molecular complexity index is 857. The van der Waals surface area contributed by atoms with Gasteiger partial charge in [-0.05, 0) is 37.6 Å². The Hall–Kier alpha value is -2.25. The Kier molecular flexibility index (Phi) is 3.75. The van der Waals surface area contributed by atoms with E-state index in [2.05, 4.69) is 41.8 Å². The molecule has 7 heteroatoms. The lowest BCUT2D eigenvalue weighted by molar-refractivity contribution is 0.193. The smallest absolute Gasteiger partial charge is 0.160 e. The van der Waals surface area contributed by atoms with Crippen LogP contribution in [0.25, 0.3) is 5.65 Å². The van der Waals surface area contributed by atoms with Crippen molar-refractivity contribution in [2.24, 2.45) is 0 Å². The maximum atomic E-state index is 4.78. The van der Waals surface area contributed by atoms with E-state index in [9.17, 15) is 0 Å². The van der Waals surface area contributed by atoms with Crippen LogP contribution in [0.1, 0.15) is 36.0 Å². The van der Waals surface area contributed by atoms with Crippen LogP contribution in [-0.4, -0.2) is 48.9 Å². The number of rotatable bonds is 3. The molecule has 5 heterocycles. The quantitative estimate of drug-likeness (QED) is 0.783. The Morgan fingerprint density at radius 3 is 3.16 bits per heavy atom. The van der Waals surface area contributed by atoms with Crippen LogP contribution >= 0.6 is 0 Å². The van der Waals surface area contributed by atoms with Gasteiger partial charge in [-0.25, -0.2) is 0 Å². The summed E-state index contributed by atoms with van der Waals surface area (Å²) in [4.78, 5) is 2.51. The van der Waals surface area contributed by atoms with Gasteiger partial charge in [0.05, 0.1) is 17.9 Å². The van der Waals surface area contributed by atoms with E-state index in [4.69, 9.17) is 5.10 Å². The van der Waals surface area contributed by atoms with Crippen LogP contribution in [0.4, 0.5) is 0 Å². The van der Waals surface area contributed by atoms with Gasteiger partial charge in [-0.3, -0.25) is 14.0 Å². The van der Waals surface area contributed by atoms with Crippen molar-refractivity contribution in [2.45, 2.75) is 38.4 Å². The molecule has 1 fully saturated rings. The molecule has 3 aromatic rings. The van der Waals surface area contributed by atoms with Crippen LogP contribution < -0.4 is 5.32 Å². The molecule has 0 amide bonds. The van der Waals surface area contributed by atoms with E-state index >= 15 is 0 Å². The Morgan fingerprint density at radius 2 is 2.20 bits per heavy atom. The lowest BCUT2D eigenvalue weighted by atomic mass is 9.97. The molecule has 2 aliphatic heterocycles. The highest BCUT2D eigenvalue weighted by atomic mass is 15.3. The molecule has 0 saturated carbocycles. The number of likely N-dealkylation sites (tertiary alicyclic amines) is 1. The van der Waals surface area contributed by atoms with Crippen LogP contribution in [0, 0.1) is 0 Å². The average Bonchev–Trinajstić information content (AvgIpc) is 3.25. The number of nitrogens with one attached hydrogen (secondary N) is 1. The fraction of sp³-hybridized carbons (Fsp3) is 0.500. The van der Waals surface area contributed by atoms with E-state index in [0.717, 1.165) is 50.7 Å². The molecule has 1 atom stereocenters. The van der Waals surface area contributed by atoms with E-state index in [1.165, 1.54) is 24.2 Å². The molecule has 0 spiro atoms. The van der Waals surface area contributed by atoms with Gasteiger partial charge in [0.1, 0.15) is 5.82 Å². The molecule has 7 nitrogen and oxygen atoms in total. The normalized spacial score (nSPS) is 21.5. The van der Waals surface area contributed by atoms with Crippen molar-refractivity contribution in [3.8, 4) is 0 Å². The molecular weight excluding hydrogens is 314 g/mol. The van der Waals surface area contributed by atoms with Gasteiger partial charge < -0.3 is 5.32 Å². The van der Waals surface area contributed by atoms with Crippen LogP contribution in [0.3, 0.4) is 0 Å². The van der Waals surface area contributed by atoms with Gasteiger partial charge in [-0.2, -0.15) is 5.10 Å². The monoisotopic (exact) mass is 337 g/mol. The molecule has 5 rings (SSSR count). The molecule has 25 heavy (non-hydrogen) atoms. The minimum absolute atomic E-state index is 0.435. The zero-order chi connectivity index (χ0) is 16.6.